The minimum atomic E-state index is -4.52. The summed E-state index contributed by atoms with van der Waals surface area (Å²) in [5.41, 5.74) is 0.534. The van der Waals surface area contributed by atoms with Crippen molar-refractivity contribution in [3.8, 4) is 11.5 Å². The minimum Gasteiger partial charge on any atom is -0.497 e. The lowest BCUT2D eigenvalue weighted by atomic mass is 10.1. The molecular formula is C18H18F3NO4. The van der Waals surface area contributed by atoms with E-state index < -0.39 is 18.6 Å². The maximum Gasteiger partial charge on any atom is 0.406 e. The van der Waals surface area contributed by atoms with Gasteiger partial charge >= 0.3 is 6.18 Å². The SMILES string of the molecule is COc1ccc(/C=C/C(=O)N(Cc2ccco2)CC(F)(F)F)c(OC)c1. The van der Waals surface area contributed by atoms with Crippen molar-refractivity contribution >= 4 is 12.0 Å². The molecule has 0 saturated carbocycles. The molecule has 1 aromatic heterocycles. The Bertz CT molecular complexity index is 754. The molecule has 26 heavy (non-hydrogen) atoms. The number of nitrogens with zero attached hydrogens (tertiary/aromatic N) is 1. The lowest BCUT2D eigenvalue weighted by molar-refractivity contribution is -0.159. The highest BCUT2D eigenvalue weighted by Crippen LogP contribution is 2.26. The lowest BCUT2D eigenvalue weighted by Gasteiger charge is -2.21. The molecule has 1 heterocycles. The first-order valence-electron chi connectivity index (χ1n) is 7.60. The number of carbonyl (C=O) groups excluding carboxylic acids is 1. The summed E-state index contributed by atoms with van der Waals surface area (Å²) in [4.78, 5) is 12.9. The summed E-state index contributed by atoms with van der Waals surface area (Å²) in [6, 6.07) is 7.96. The van der Waals surface area contributed by atoms with Crippen LogP contribution in [0.3, 0.4) is 0 Å². The number of hydrogen-bond acceptors (Lipinski definition) is 4. The molecule has 0 aliphatic carbocycles. The average Bonchev–Trinajstić information content (AvgIpc) is 3.10. The maximum atomic E-state index is 12.8. The van der Waals surface area contributed by atoms with Gasteiger partial charge in [0.05, 0.1) is 27.0 Å². The summed E-state index contributed by atoms with van der Waals surface area (Å²) < 4.78 is 53.6. The highest BCUT2D eigenvalue weighted by atomic mass is 19.4. The van der Waals surface area contributed by atoms with Crippen LogP contribution >= 0.6 is 0 Å². The molecule has 0 atom stereocenters. The van der Waals surface area contributed by atoms with Crippen LogP contribution < -0.4 is 9.47 Å². The largest absolute Gasteiger partial charge is 0.497 e. The Hall–Kier alpha value is -2.90. The predicted octanol–water partition coefficient (Wildman–Crippen LogP) is 3.90. The smallest absolute Gasteiger partial charge is 0.406 e. The van der Waals surface area contributed by atoms with Gasteiger partial charge in [-0.25, -0.2) is 0 Å². The number of benzene rings is 1. The first-order valence-corrected chi connectivity index (χ1v) is 7.60. The van der Waals surface area contributed by atoms with E-state index >= 15 is 0 Å². The Labute approximate surface area is 148 Å². The number of methoxy groups -OCH3 is 2. The maximum absolute atomic E-state index is 12.8. The third kappa shape index (κ3) is 5.58. The van der Waals surface area contributed by atoms with E-state index in [1.807, 2.05) is 0 Å². The van der Waals surface area contributed by atoms with E-state index in [-0.39, 0.29) is 12.3 Å². The molecule has 0 aliphatic heterocycles. The molecule has 5 nitrogen and oxygen atoms in total. The Morgan fingerprint density at radius 3 is 2.58 bits per heavy atom. The topological polar surface area (TPSA) is 51.9 Å². The number of halogens is 3. The van der Waals surface area contributed by atoms with Crippen LogP contribution in [0.1, 0.15) is 11.3 Å². The second kappa shape index (κ2) is 8.46. The molecule has 140 valence electrons. The fourth-order valence-electron chi connectivity index (χ4n) is 2.24. The van der Waals surface area contributed by atoms with Gasteiger partial charge in [-0.3, -0.25) is 4.79 Å². The van der Waals surface area contributed by atoms with Gasteiger partial charge in [-0.15, -0.1) is 0 Å². The van der Waals surface area contributed by atoms with Crippen molar-refractivity contribution in [1.29, 1.82) is 0 Å². The van der Waals surface area contributed by atoms with E-state index in [2.05, 4.69) is 0 Å². The molecule has 2 aromatic rings. The Morgan fingerprint density at radius 2 is 2.00 bits per heavy atom. The average molecular weight is 369 g/mol. The number of ether oxygens (including phenoxy) is 2. The summed E-state index contributed by atoms with van der Waals surface area (Å²) in [5.74, 6) is 0.457. The molecular weight excluding hydrogens is 351 g/mol. The number of carbonyl (C=O) groups is 1. The van der Waals surface area contributed by atoms with Gasteiger partial charge in [0.15, 0.2) is 0 Å². The first kappa shape index (κ1) is 19.4. The number of amides is 1. The van der Waals surface area contributed by atoms with Crippen molar-refractivity contribution in [2.24, 2.45) is 0 Å². The Morgan fingerprint density at radius 1 is 1.23 bits per heavy atom. The minimum absolute atomic E-state index is 0.262. The first-order chi connectivity index (χ1) is 12.3. The monoisotopic (exact) mass is 369 g/mol. The standard InChI is InChI=1S/C18H18F3NO4/c1-24-14-7-5-13(16(10-14)25-2)6-8-17(23)22(12-18(19,20)21)11-15-4-3-9-26-15/h3-10H,11-12H2,1-2H3/b8-6+. The van der Waals surface area contributed by atoms with Crippen LogP contribution in [0.2, 0.25) is 0 Å². The van der Waals surface area contributed by atoms with Crippen molar-refractivity contribution in [1.82, 2.24) is 4.90 Å². The van der Waals surface area contributed by atoms with Gasteiger partial charge < -0.3 is 18.8 Å². The molecule has 1 amide bonds. The van der Waals surface area contributed by atoms with Crippen molar-refractivity contribution < 1.29 is 31.9 Å². The van der Waals surface area contributed by atoms with E-state index in [0.717, 1.165) is 6.08 Å². The molecule has 0 fully saturated rings. The molecule has 0 unspecified atom stereocenters. The van der Waals surface area contributed by atoms with Gasteiger partial charge in [0, 0.05) is 17.7 Å². The number of alkyl halides is 3. The molecule has 0 bridgehead atoms. The number of hydrogen-bond donors (Lipinski definition) is 0. The zero-order valence-electron chi connectivity index (χ0n) is 14.2. The van der Waals surface area contributed by atoms with Gasteiger partial charge in [-0.1, -0.05) is 0 Å². The molecule has 0 aliphatic rings. The van der Waals surface area contributed by atoms with Gasteiger partial charge in [0.25, 0.3) is 0 Å². The Balaban J connectivity index is 2.18. The van der Waals surface area contributed by atoms with Crippen LogP contribution in [0.4, 0.5) is 13.2 Å². The molecule has 0 spiro atoms. The van der Waals surface area contributed by atoms with Crippen molar-refractivity contribution in [3.63, 3.8) is 0 Å². The van der Waals surface area contributed by atoms with E-state index in [4.69, 9.17) is 13.9 Å². The van der Waals surface area contributed by atoms with E-state index in [1.165, 1.54) is 32.6 Å². The summed E-state index contributed by atoms with van der Waals surface area (Å²) >= 11 is 0. The van der Waals surface area contributed by atoms with Crippen LogP contribution in [0.25, 0.3) is 6.08 Å². The molecule has 8 heteroatoms. The van der Waals surface area contributed by atoms with Crippen molar-refractivity contribution in [2.75, 3.05) is 20.8 Å². The summed E-state index contributed by atoms with van der Waals surface area (Å²) in [6.45, 7) is -1.66. The second-order valence-electron chi connectivity index (χ2n) is 5.33. The van der Waals surface area contributed by atoms with Crippen molar-refractivity contribution in [2.45, 2.75) is 12.7 Å². The summed E-state index contributed by atoms with van der Waals surface area (Å²) in [7, 11) is 2.94. The molecule has 0 N–H and O–H groups in total. The Kier molecular flexibility index (Phi) is 6.32. The van der Waals surface area contributed by atoms with E-state index in [0.29, 0.717) is 22.0 Å². The lowest BCUT2D eigenvalue weighted by Crippen LogP contribution is -2.37. The number of furan rings is 1. The molecule has 1 aromatic carbocycles. The van der Waals surface area contributed by atoms with Gasteiger partial charge in [0.1, 0.15) is 23.8 Å². The quantitative estimate of drug-likeness (QED) is 0.695. The van der Waals surface area contributed by atoms with E-state index in [9.17, 15) is 18.0 Å². The van der Waals surface area contributed by atoms with Crippen LogP contribution in [-0.2, 0) is 11.3 Å². The zero-order chi connectivity index (χ0) is 19.2. The van der Waals surface area contributed by atoms with E-state index in [1.54, 1.807) is 24.3 Å². The highest BCUT2D eigenvalue weighted by Gasteiger charge is 2.32. The van der Waals surface area contributed by atoms with Crippen molar-refractivity contribution in [3.05, 3.63) is 54.0 Å². The summed E-state index contributed by atoms with van der Waals surface area (Å²) in [6.07, 6.45) is -0.720. The zero-order valence-corrected chi connectivity index (χ0v) is 14.2. The fourth-order valence-corrected chi connectivity index (χ4v) is 2.24. The number of rotatable bonds is 7. The van der Waals surface area contributed by atoms with Gasteiger partial charge in [-0.2, -0.15) is 13.2 Å². The highest BCUT2D eigenvalue weighted by molar-refractivity contribution is 5.92. The van der Waals surface area contributed by atoms with Crippen LogP contribution in [0, 0.1) is 0 Å². The van der Waals surface area contributed by atoms with Gasteiger partial charge in [0.2, 0.25) is 5.91 Å². The normalized spacial score (nSPS) is 11.6. The third-order valence-corrected chi connectivity index (χ3v) is 3.45. The van der Waals surface area contributed by atoms with Crippen LogP contribution in [0.15, 0.2) is 47.1 Å². The second-order valence-corrected chi connectivity index (χ2v) is 5.33. The van der Waals surface area contributed by atoms with Crippen LogP contribution in [-0.4, -0.2) is 37.7 Å². The molecule has 0 radical (unpaired) electrons. The third-order valence-electron chi connectivity index (χ3n) is 3.45. The van der Waals surface area contributed by atoms with Crippen LogP contribution in [0.5, 0.6) is 11.5 Å². The molecule has 0 saturated heterocycles. The van der Waals surface area contributed by atoms with Gasteiger partial charge in [-0.05, 0) is 30.3 Å². The predicted molar refractivity (Wildman–Crippen MR) is 88.8 cm³/mol. The fraction of sp³-hybridized carbons (Fsp3) is 0.278. The summed E-state index contributed by atoms with van der Waals surface area (Å²) in [5, 5.41) is 0. The molecule has 2 rings (SSSR count).